The lowest BCUT2D eigenvalue weighted by Gasteiger charge is -2.14. The van der Waals surface area contributed by atoms with Gasteiger partial charge in [-0.2, -0.15) is 0 Å². The van der Waals surface area contributed by atoms with Crippen molar-refractivity contribution in [2.24, 2.45) is 0 Å². The molecule has 0 amide bonds. The van der Waals surface area contributed by atoms with Crippen LogP contribution in [-0.2, 0) is 0 Å². The summed E-state index contributed by atoms with van der Waals surface area (Å²) in [6, 6.07) is 14.7. The zero-order valence-electron chi connectivity index (χ0n) is 14.4. The van der Waals surface area contributed by atoms with Crippen molar-refractivity contribution in [1.29, 1.82) is 0 Å². The lowest BCUT2D eigenvalue weighted by Crippen LogP contribution is -1.98. The standard InChI is InChI=1S/C20H27O2P/c1-4-5-6-7-14-23-17-11-8-10-16(15-17)20-18(21-2)12-9-13-19(20)22-3/h8-13,15,23H,4-7,14H2,1-3H3. The van der Waals surface area contributed by atoms with Crippen LogP contribution in [0.1, 0.15) is 32.6 Å². The first-order valence-electron chi connectivity index (χ1n) is 8.35. The summed E-state index contributed by atoms with van der Waals surface area (Å²) in [6.07, 6.45) is 6.61. The minimum Gasteiger partial charge on any atom is -0.496 e. The van der Waals surface area contributed by atoms with E-state index in [9.17, 15) is 0 Å². The first-order chi connectivity index (χ1) is 11.3. The Morgan fingerprint density at radius 1 is 0.870 bits per heavy atom. The smallest absolute Gasteiger partial charge is 0.130 e. The van der Waals surface area contributed by atoms with Crippen molar-refractivity contribution >= 4 is 13.9 Å². The van der Waals surface area contributed by atoms with Gasteiger partial charge in [0.05, 0.1) is 19.8 Å². The second-order valence-corrected chi connectivity index (χ2v) is 7.04. The van der Waals surface area contributed by atoms with Crippen molar-refractivity contribution in [3.05, 3.63) is 42.5 Å². The van der Waals surface area contributed by atoms with Crippen molar-refractivity contribution in [1.82, 2.24) is 0 Å². The molecule has 0 aliphatic rings. The van der Waals surface area contributed by atoms with E-state index in [-0.39, 0.29) is 0 Å². The van der Waals surface area contributed by atoms with Crippen molar-refractivity contribution in [2.45, 2.75) is 32.6 Å². The SMILES string of the molecule is CCCCCCPc1cccc(-c2c(OC)cccc2OC)c1. The van der Waals surface area contributed by atoms with Gasteiger partial charge in [0.2, 0.25) is 0 Å². The fraction of sp³-hybridized carbons (Fsp3) is 0.400. The van der Waals surface area contributed by atoms with Gasteiger partial charge in [-0.05, 0) is 41.6 Å². The van der Waals surface area contributed by atoms with Gasteiger partial charge < -0.3 is 9.47 Å². The number of hydrogen-bond donors (Lipinski definition) is 0. The summed E-state index contributed by atoms with van der Waals surface area (Å²) in [4.78, 5) is 0. The van der Waals surface area contributed by atoms with Crippen LogP contribution in [0, 0.1) is 0 Å². The number of methoxy groups -OCH3 is 2. The molecular weight excluding hydrogens is 303 g/mol. The lowest BCUT2D eigenvalue weighted by molar-refractivity contribution is 0.397. The van der Waals surface area contributed by atoms with E-state index in [1.807, 2.05) is 18.2 Å². The summed E-state index contributed by atoms with van der Waals surface area (Å²) in [5, 5.41) is 1.41. The Bertz CT molecular complexity index is 588. The monoisotopic (exact) mass is 330 g/mol. The molecule has 0 saturated heterocycles. The zero-order chi connectivity index (χ0) is 16.5. The average molecular weight is 330 g/mol. The summed E-state index contributed by atoms with van der Waals surface area (Å²) in [5.41, 5.74) is 2.20. The van der Waals surface area contributed by atoms with E-state index in [0.717, 1.165) is 31.2 Å². The summed E-state index contributed by atoms with van der Waals surface area (Å²) >= 11 is 0. The van der Waals surface area contributed by atoms with Crippen molar-refractivity contribution < 1.29 is 9.47 Å². The van der Waals surface area contributed by atoms with Gasteiger partial charge in [-0.25, -0.2) is 0 Å². The molecule has 2 aromatic carbocycles. The number of rotatable bonds is 9. The lowest BCUT2D eigenvalue weighted by atomic mass is 10.0. The van der Waals surface area contributed by atoms with E-state index in [1.54, 1.807) is 14.2 Å². The van der Waals surface area contributed by atoms with Gasteiger partial charge >= 0.3 is 0 Å². The Morgan fingerprint density at radius 3 is 2.22 bits per heavy atom. The summed E-state index contributed by atoms with van der Waals surface area (Å²) in [7, 11) is 4.28. The quantitative estimate of drug-likeness (QED) is 0.461. The molecule has 0 aliphatic carbocycles. The Balaban J connectivity index is 2.16. The molecule has 3 heteroatoms. The first-order valence-corrected chi connectivity index (χ1v) is 9.56. The molecule has 0 radical (unpaired) electrons. The highest BCUT2D eigenvalue weighted by atomic mass is 31.1. The third kappa shape index (κ3) is 4.97. The molecule has 0 heterocycles. The average Bonchev–Trinajstić information content (AvgIpc) is 2.61. The normalized spacial score (nSPS) is 11.1. The second-order valence-electron chi connectivity index (χ2n) is 5.61. The largest absolute Gasteiger partial charge is 0.496 e. The number of hydrogen-bond acceptors (Lipinski definition) is 2. The van der Waals surface area contributed by atoms with Crippen LogP contribution in [0.4, 0.5) is 0 Å². The van der Waals surface area contributed by atoms with Gasteiger partial charge in [0.1, 0.15) is 11.5 Å². The highest BCUT2D eigenvalue weighted by Crippen LogP contribution is 2.38. The van der Waals surface area contributed by atoms with Crippen molar-refractivity contribution in [3.8, 4) is 22.6 Å². The van der Waals surface area contributed by atoms with Gasteiger partial charge in [-0.15, -0.1) is 0 Å². The van der Waals surface area contributed by atoms with Crippen molar-refractivity contribution in [3.63, 3.8) is 0 Å². The molecule has 23 heavy (non-hydrogen) atoms. The maximum Gasteiger partial charge on any atom is 0.130 e. The van der Waals surface area contributed by atoms with Crippen LogP contribution in [0.3, 0.4) is 0 Å². The van der Waals surface area contributed by atoms with Gasteiger partial charge in [-0.1, -0.05) is 59.0 Å². The fourth-order valence-corrected chi connectivity index (χ4v) is 3.89. The minimum absolute atomic E-state index is 0.854. The number of benzene rings is 2. The molecule has 1 unspecified atom stereocenters. The highest BCUT2D eigenvalue weighted by Gasteiger charge is 2.12. The van der Waals surface area contributed by atoms with E-state index in [2.05, 4.69) is 31.2 Å². The Kier molecular flexibility index (Phi) is 7.42. The predicted molar refractivity (Wildman–Crippen MR) is 102 cm³/mol. The Hall–Kier alpha value is -1.53. The van der Waals surface area contributed by atoms with Gasteiger partial charge in [0.15, 0.2) is 0 Å². The minimum atomic E-state index is 0.854. The first kappa shape index (κ1) is 17.8. The summed E-state index contributed by atoms with van der Waals surface area (Å²) < 4.78 is 11.1. The molecule has 2 aromatic rings. The maximum atomic E-state index is 5.53. The number of ether oxygens (including phenoxy) is 2. The van der Waals surface area contributed by atoms with E-state index >= 15 is 0 Å². The van der Waals surface area contributed by atoms with Crippen LogP contribution < -0.4 is 14.8 Å². The molecule has 0 bridgehead atoms. The molecule has 0 saturated carbocycles. The molecule has 0 aliphatic heterocycles. The van der Waals surface area contributed by atoms with E-state index in [4.69, 9.17) is 9.47 Å². The summed E-state index contributed by atoms with van der Waals surface area (Å²) in [5.74, 6) is 1.71. The second kappa shape index (κ2) is 9.57. The summed E-state index contributed by atoms with van der Waals surface area (Å²) in [6.45, 7) is 2.26. The van der Waals surface area contributed by atoms with Crippen LogP contribution >= 0.6 is 8.58 Å². The zero-order valence-corrected chi connectivity index (χ0v) is 15.4. The third-order valence-corrected chi connectivity index (χ3v) is 5.26. The van der Waals surface area contributed by atoms with Gasteiger partial charge in [-0.3, -0.25) is 0 Å². The molecule has 1 atom stereocenters. The van der Waals surface area contributed by atoms with E-state index < -0.39 is 0 Å². The molecule has 2 rings (SSSR count). The molecular formula is C20H27O2P. The third-order valence-electron chi connectivity index (χ3n) is 3.94. The molecule has 0 aromatic heterocycles. The number of unbranched alkanes of at least 4 members (excludes halogenated alkanes) is 3. The molecule has 124 valence electrons. The van der Waals surface area contributed by atoms with Crippen LogP contribution in [0.15, 0.2) is 42.5 Å². The van der Waals surface area contributed by atoms with Crippen LogP contribution in [-0.4, -0.2) is 20.4 Å². The van der Waals surface area contributed by atoms with Crippen LogP contribution in [0.2, 0.25) is 0 Å². The molecule has 2 nitrogen and oxygen atoms in total. The Labute approximate surface area is 142 Å². The molecule has 0 fully saturated rings. The highest BCUT2D eigenvalue weighted by molar-refractivity contribution is 7.47. The fourth-order valence-electron chi connectivity index (χ4n) is 2.70. The Morgan fingerprint density at radius 2 is 1.57 bits per heavy atom. The predicted octanol–water partition coefficient (Wildman–Crippen LogP) is 5.25. The topological polar surface area (TPSA) is 18.5 Å². The molecule has 0 spiro atoms. The van der Waals surface area contributed by atoms with E-state index in [0.29, 0.717) is 0 Å². The van der Waals surface area contributed by atoms with Crippen LogP contribution in [0.5, 0.6) is 11.5 Å². The van der Waals surface area contributed by atoms with Crippen molar-refractivity contribution in [2.75, 3.05) is 20.4 Å². The molecule has 0 N–H and O–H groups in total. The van der Waals surface area contributed by atoms with Gasteiger partial charge in [0.25, 0.3) is 0 Å². The van der Waals surface area contributed by atoms with Crippen LogP contribution in [0.25, 0.3) is 11.1 Å². The maximum absolute atomic E-state index is 5.53. The van der Waals surface area contributed by atoms with Gasteiger partial charge in [0, 0.05) is 0 Å². The van der Waals surface area contributed by atoms with E-state index in [1.165, 1.54) is 37.1 Å².